The fourth-order valence-electron chi connectivity index (χ4n) is 4.70. The summed E-state index contributed by atoms with van der Waals surface area (Å²) in [7, 11) is 0. The van der Waals surface area contributed by atoms with Crippen LogP contribution in [-0.2, 0) is 0 Å². The molecule has 0 spiro atoms. The van der Waals surface area contributed by atoms with Gasteiger partial charge >= 0.3 is 0 Å². The molecule has 0 aliphatic rings. The van der Waals surface area contributed by atoms with E-state index in [2.05, 4.69) is 62.5 Å². The monoisotopic (exact) mass is 515 g/mol. The Morgan fingerprint density at radius 1 is 0.378 bits per heavy atom. The van der Waals surface area contributed by atoms with Crippen LogP contribution in [0.15, 0.2) is 48.6 Å². The summed E-state index contributed by atoms with van der Waals surface area (Å²) in [5.74, 6) is 0. The van der Waals surface area contributed by atoms with E-state index in [1.165, 1.54) is 135 Å². The van der Waals surface area contributed by atoms with Gasteiger partial charge in [-0.1, -0.05) is 146 Å². The quantitative estimate of drug-likeness (QED) is 0.0777. The lowest BCUT2D eigenvalue weighted by Crippen LogP contribution is -2.05. The minimum absolute atomic E-state index is 0.0659. The van der Waals surface area contributed by atoms with Gasteiger partial charge in [-0.2, -0.15) is 0 Å². The van der Waals surface area contributed by atoms with Crippen LogP contribution in [0.4, 0.5) is 0 Å². The van der Waals surface area contributed by atoms with Crippen molar-refractivity contribution in [1.82, 2.24) is 0 Å². The van der Waals surface area contributed by atoms with Crippen molar-refractivity contribution in [3.63, 3.8) is 0 Å². The van der Waals surface area contributed by atoms with Gasteiger partial charge in [-0.15, -0.1) is 0 Å². The molecule has 1 heteroatoms. The summed E-state index contributed by atoms with van der Waals surface area (Å²) in [4.78, 5) is 0. The molecule has 1 unspecified atom stereocenters. The van der Waals surface area contributed by atoms with Crippen LogP contribution in [0, 0.1) is 0 Å². The number of hydrogen-bond donors (Lipinski definition) is 1. The number of aliphatic hydroxyl groups is 1. The van der Waals surface area contributed by atoms with E-state index in [-0.39, 0.29) is 6.10 Å². The summed E-state index contributed by atoms with van der Waals surface area (Å²) in [5, 5.41) is 10.2. The molecular weight excluding hydrogens is 448 g/mol. The highest BCUT2D eigenvalue weighted by molar-refractivity contribution is 4.93. The Labute approximate surface area is 234 Å². The van der Waals surface area contributed by atoms with Crippen molar-refractivity contribution in [1.29, 1.82) is 0 Å². The molecule has 0 aromatic rings. The number of aliphatic hydroxyl groups excluding tert-OH is 1. The smallest absolute Gasteiger partial charge is 0.0540 e. The van der Waals surface area contributed by atoms with Gasteiger partial charge in [0.25, 0.3) is 0 Å². The second kappa shape index (κ2) is 32.9. The largest absolute Gasteiger partial charge is 0.393 e. The Bertz CT molecular complexity index is 527. The van der Waals surface area contributed by atoms with Gasteiger partial charge in [-0.3, -0.25) is 0 Å². The summed E-state index contributed by atoms with van der Waals surface area (Å²) in [6.07, 6.45) is 50.1. The Balaban J connectivity index is 3.30. The molecule has 0 aromatic heterocycles. The van der Waals surface area contributed by atoms with Gasteiger partial charge in [0.1, 0.15) is 0 Å². The first-order valence-electron chi connectivity index (χ1n) is 16.6. The fourth-order valence-corrected chi connectivity index (χ4v) is 4.70. The molecule has 0 heterocycles. The van der Waals surface area contributed by atoms with Gasteiger partial charge in [-0.05, 0) is 77.0 Å². The second-order valence-electron chi connectivity index (χ2n) is 11.0. The van der Waals surface area contributed by atoms with E-state index in [0.29, 0.717) is 0 Å². The molecule has 1 N–H and O–H groups in total. The molecule has 37 heavy (non-hydrogen) atoms. The molecule has 0 aromatic carbocycles. The summed E-state index contributed by atoms with van der Waals surface area (Å²) >= 11 is 0. The van der Waals surface area contributed by atoms with Gasteiger partial charge in [0.15, 0.2) is 0 Å². The van der Waals surface area contributed by atoms with Gasteiger partial charge in [0.2, 0.25) is 0 Å². The van der Waals surface area contributed by atoms with Crippen LogP contribution in [0.5, 0.6) is 0 Å². The highest BCUT2D eigenvalue weighted by atomic mass is 16.3. The topological polar surface area (TPSA) is 20.2 Å². The third-order valence-corrected chi connectivity index (χ3v) is 7.23. The van der Waals surface area contributed by atoms with Crippen LogP contribution in [-0.4, -0.2) is 11.2 Å². The van der Waals surface area contributed by atoms with Gasteiger partial charge in [0.05, 0.1) is 6.10 Å². The van der Waals surface area contributed by atoms with Crippen molar-refractivity contribution in [3.05, 3.63) is 48.6 Å². The molecule has 0 aliphatic carbocycles. The van der Waals surface area contributed by atoms with E-state index in [1.807, 2.05) is 0 Å². The Kier molecular flexibility index (Phi) is 32.0. The number of hydrogen-bond acceptors (Lipinski definition) is 1. The van der Waals surface area contributed by atoms with E-state index in [4.69, 9.17) is 0 Å². The third kappa shape index (κ3) is 32.9. The normalized spacial score (nSPS) is 13.3. The highest BCUT2D eigenvalue weighted by Gasteiger charge is 2.03. The zero-order valence-electron chi connectivity index (χ0n) is 25.3. The van der Waals surface area contributed by atoms with Crippen LogP contribution in [0.3, 0.4) is 0 Å². The highest BCUT2D eigenvalue weighted by Crippen LogP contribution is 2.15. The Morgan fingerprint density at radius 2 is 0.676 bits per heavy atom. The maximum absolute atomic E-state index is 10.2. The van der Waals surface area contributed by atoms with Gasteiger partial charge in [0, 0.05) is 0 Å². The molecule has 0 saturated carbocycles. The number of unbranched alkanes of at least 4 members (excludes halogenated alkanes) is 17. The lowest BCUT2D eigenvalue weighted by molar-refractivity contribution is 0.147. The summed E-state index contributed by atoms with van der Waals surface area (Å²) in [6.45, 7) is 4.52. The lowest BCUT2D eigenvalue weighted by Gasteiger charge is -2.10. The molecule has 0 saturated heterocycles. The van der Waals surface area contributed by atoms with Gasteiger partial charge < -0.3 is 5.11 Å². The molecule has 0 radical (unpaired) electrons. The molecule has 1 nitrogen and oxygen atoms in total. The van der Waals surface area contributed by atoms with Crippen molar-refractivity contribution in [3.8, 4) is 0 Å². The van der Waals surface area contributed by atoms with Crippen LogP contribution in [0.1, 0.15) is 174 Å². The van der Waals surface area contributed by atoms with Crippen molar-refractivity contribution in [2.45, 2.75) is 180 Å². The average Bonchev–Trinajstić information content (AvgIpc) is 2.90. The standard InChI is InChI=1S/C36H66O/c1-3-5-7-9-11-13-15-17-19-21-23-25-27-29-31-33-35-36(37)34-32-30-28-26-24-22-20-18-16-14-12-10-8-6-4-2/h11-14,17-20,36-37H,3-10,15-16,21-35H2,1-2H3. The molecule has 0 amide bonds. The van der Waals surface area contributed by atoms with Crippen LogP contribution in [0.2, 0.25) is 0 Å². The van der Waals surface area contributed by atoms with Crippen molar-refractivity contribution >= 4 is 0 Å². The first-order valence-corrected chi connectivity index (χ1v) is 16.6. The predicted octanol–water partition coefficient (Wildman–Crippen LogP) is 12.4. The summed E-state index contributed by atoms with van der Waals surface area (Å²) in [6, 6.07) is 0. The van der Waals surface area contributed by atoms with Gasteiger partial charge in [-0.25, -0.2) is 0 Å². The molecule has 0 fully saturated rings. The predicted molar refractivity (Wildman–Crippen MR) is 169 cm³/mol. The van der Waals surface area contributed by atoms with E-state index >= 15 is 0 Å². The van der Waals surface area contributed by atoms with Crippen molar-refractivity contribution in [2.24, 2.45) is 0 Å². The maximum atomic E-state index is 10.2. The SMILES string of the molecule is CCCCCC=CCC=CCCCCCCCCC(O)CCCCCCCC=CCC=CCCCCC. The van der Waals surface area contributed by atoms with Crippen molar-refractivity contribution in [2.75, 3.05) is 0 Å². The molecule has 0 aliphatic heterocycles. The van der Waals surface area contributed by atoms with E-state index in [0.717, 1.165) is 25.7 Å². The fraction of sp³-hybridized carbons (Fsp3) is 0.778. The zero-order valence-corrected chi connectivity index (χ0v) is 25.3. The number of allylic oxidation sites excluding steroid dienone is 8. The van der Waals surface area contributed by atoms with Crippen LogP contribution in [0.25, 0.3) is 0 Å². The molecule has 216 valence electrons. The number of rotatable bonds is 29. The molecule has 0 bridgehead atoms. The van der Waals surface area contributed by atoms with E-state index in [9.17, 15) is 5.11 Å². The molecule has 0 rings (SSSR count). The van der Waals surface area contributed by atoms with E-state index < -0.39 is 0 Å². The summed E-state index contributed by atoms with van der Waals surface area (Å²) in [5.41, 5.74) is 0. The first-order chi connectivity index (χ1) is 18.3. The average molecular weight is 515 g/mol. The molecule has 1 atom stereocenters. The minimum atomic E-state index is -0.0659. The maximum Gasteiger partial charge on any atom is 0.0540 e. The first kappa shape index (κ1) is 35.9. The Morgan fingerprint density at radius 3 is 1.03 bits per heavy atom. The second-order valence-corrected chi connectivity index (χ2v) is 11.0. The molecular formula is C36H66O. The third-order valence-electron chi connectivity index (χ3n) is 7.23. The minimum Gasteiger partial charge on any atom is -0.393 e. The lowest BCUT2D eigenvalue weighted by atomic mass is 10.0. The van der Waals surface area contributed by atoms with Crippen LogP contribution < -0.4 is 0 Å². The van der Waals surface area contributed by atoms with Crippen molar-refractivity contribution < 1.29 is 5.11 Å². The van der Waals surface area contributed by atoms with Crippen LogP contribution >= 0.6 is 0 Å². The zero-order chi connectivity index (χ0) is 26.9. The Hall–Kier alpha value is -1.08. The van der Waals surface area contributed by atoms with E-state index in [1.54, 1.807) is 0 Å². The summed E-state index contributed by atoms with van der Waals surface area (Å²) < 4.78 is 0.